The van der Waals surface area contributed by atoms with Crippen LogP contribution in [0.2, 0.25) is 0 Å². The molecule has 2 unspecified atom stereocenters. The number of carbonyl (C=O) groups excluding carboxylic acids is 1. The minimum Gasteiger partial charge on any atom is -0.344 e. The van der Waals surface area contributed by atoms with Crippen LogP contribution in [0, 0.1) is 17.0 Å². The highest BCUT2D eigenvalue weighted by Gasteiger charge is 2.34. The molecular formula is C27H32F3N3O. The van der Waals surface area contributed by atoms with Gasteiger partial charge in [-0.3, -0.25) is 4.79 Å². The molecular weight excluding hydrogens is 439 g/mol. The van der Waals surface area contributed by atoms with E-state index in [-0.39, 0.29) is 12.1 Å². The van der Waals surface area contributed by atoms with Gasteiger partial charge in [0.1, 0.15) is 18.3 Å². The number of aromatic nitrogens is 1. The highest BCUT2D eigenvalue weighted by atomic mass is 19.1. The Kier molecular flexibility index (Phi) is 8.20. The standard InChI is InChI=1S/C27H32F3N3O/c1-27(2,3)26(32(18-34)12-11-22(31)15-28)25-13-20(23-14-21(29)9-10-24(23)30)17-33(25)16-19-7-5-4-6-8-19/h4-10,13-14,17-18,22,26H,11-12,15-16,31H2,1-3H3. The first-order valence-corrected chi connectivity index (χ1v) is 11.4. The predicted molar refractivity (Wildman–Crippen MR) is 129 cm³/mol. The number of alkyl halides is 1. The summed E-state index contributed by atoms with van der Waals surface area (Å²) in [4.78, 5) is 13.8. The monoisotopic (exact) mass is 471 g/mol. The van der Waals surface area contributed by atoms with Crippen molar-refractivity contribution in [1.29, 1.82) is 0 Å². The largest absolute Gasteiger partial charge is 0.344 e. The average molecular weight is 472 g/mol. The lowest BCUT2D eigenvalue weighted by Gasteiger charge is -2.39. The van der Waals surface area contributed by atoms with Crippen LogP contribution in [-0.2, 0) is 11.3 Å². The smallest absolute Gasteiger partial charge is 0.210 e. The maximum absolute atomic E-state index is 14.6. The van der Waals surface area contributed by atoms with E-state index < -0.39 is 35.8 Å². The molecule has 0 aliphatic carbocycles. The van der Waals surface area contributed by atoms with Crippen molar-refractivity contribution in [3.8, 4) is 11.1 Å². The van der Waals surface area contributed by atoms with Crippen molar-refractivity contribution in [1.82, 2.24) is 9.47 Å². The highest BCUT2D eigenvalue weighted by Crippen LogP contribution is 2.40. The molecule has 1 aromatic heterocycles. The summed E-state index contributed by atoms with van der Waals surface area (Å²) in [6.45, 7) is 6.11. The number of rotatable bonds is 10. The Morgan fingerprint density at radius 3 is 2.41 bits per heavy atom. The van der Waals surface area contributed by atoms with Crippen molar-refractivity contribution in [2.24, 2.45) is 11.1 Å². The fourth-order valence-corrected chi connectivity index (χ4v) is 4.29. The van der Waals surface area contributed by atoms with Gasteiger partial charge in [0.2, 0.25) is 6.41 Å². The molecule has 1 heterocycles. The lowest BCUT2D eigenvalue weighted by molar-refractivity contribution is -0.123. The molecule has 0 radical (unpaired) electrons. The second kappa shape index (κ2) is 10.9. The summed E-state index contributed by atoms with van der Waals surface area (Å²) in [7, 11) is 0. The van der Waals surface area contributed by atoms with Gasteiger partial charge in [-0.05, 0) is 41.7 Å². The third kappa shape index (κ3) is 6.08. The zero-order valence-corrected chi connectivity index (χ0v) is 19.8. The number of amides is 1. The first-order valence-electron chi connectivity index (χ1n) is 11.4. The third-order valence-corrected chi connectivity index (χ3v) is 5.89. The van der Waals surface area contributed by atoms with Crippen molar-refractivity contribution in [2.75, 3.05) is 13.2 Å². The molecule has 4 nitrogen and oxygen atoms in total. The van der Waals surface area contributed by atoms with E-state index in [1.807, 2.05) is 61.7 Å². The van der Waals surface area contributed by atoms with Crippen molar-refractivity contribution in [3.63, 3.8) is 0 Å². The van der Waals surface area contributed by atoms with Gasteiger partial charge in [-0.1, -0.05) is 51.1 Å². The van der Waals surface area contributed by atoms with Gasteiger partial charge in [-0.15, -0.1) is 0 Å². The summed E-state index contributed by atoms with van der Waals surface area (Å²) < 4.78 is 43.5. The van der Waals surface area contributed by atoms with Crippen LogP contribution in [-0.4, -0.2) is 35.1 Å². The van der Waals surface area contributed by atoms with E-state index in [1.54, 1.807) is 11.1 Å². The Labute approximate surface area is 199 Å². The van der Waals surface area contributed by atoms with E-state index in [1.165, 1.54) is 6.07 Å². The molecule has 2 atom stereocenters. The molecule has 34 heavy (non-hydrogen) atoms. The van der Waals surface area contributed by atoms with Gasteiger partial charge in [0.15, 0.2) is 0 Å². The SMILES string of the molecule is CC(C)(C)C(c1cc(-c2cc(F)ccc2F)cn1Cc1ccccc1)N(C=O)CCC(N)CF. The fraction of sp³-hybridized carbons (Fsp3) is 0.370. The molecule has 2 N–H and O–H groups in total. The van der Waals surface area contributed by atoms with Gasteiger partial charge in [0.05, 0.1) is 6.04 Å². The van der Waals surface area contributed by atoms with Crippen LogP contribution in [0.5, 0.6) is 0 Å². The molecule has 0 fully saturated rings. The van der Waals surface area contributed by atoms with Crippen LogP contribution in [0.1, 0.15) is 44.5 Å². The second-order valence-corrected chi connectivity index (χ2v) is 9.71. The van der Waals surface area contributed by atoms with Gasteiger partial charge >= 0.3 is 0 Å². The second-order valence-electron chi connectivity index (χ2n) is 9.71. The van der Waals surface area contributed by atoms with Crippen molar-refractivity contribution >= 4 is 6.41 Å². The molecule has 0 spiro atoms. The van der Waals surface area contributed by atoms with E-state index in [2.05, 4.69) is 0 Å². The average Bonchev–Trinajstić information content (AvgIpc) is 3.20. The number of benzene rings is 2. The molecule has 1 amide bonds. The lowest BCUT2D eigenvalue weighted by Crippen LogP contribution is -2.40. The minimum atomic E-state index is -0.666. The van der Waals surface area contributed by atoms with Crippen LogP contribution in [0.3, 0.4) is 0 Å². The first-order chi connectivity index (χ1) is 16.1. The van der Waals surface area contributed by atoms with Crippen LogP contribution in [0.15, 0.2) is 60.8 Å². The Balaban J connectivity index is 2.13. The number of hydrogen-bond acceptors (Lipinski definition) is 2. The van der Waals surface area contributed by atoms with Gasteiger partial charge in [-0.2, -0.15) is 0 Å². The van der Waals surface area contributed by atoms with Gasteiger partial charge in [-0.25, -0.2) is 13.2 Å². The number of nitrogens with two attached hydrogens (primary N) is 1. The highest BCUT2D eigenvalue weighted by molar-refractivity contribution is 5.65. The Morgan fingerprint density at radius 1 is 1.09 bits per heavy atom. The summed E-state index contributed by atoms with van der Waals surface area (Å²) in [5, 5.41) is 0. The van der Waals surface area contributed by atoms with Crippen LogP contribution >= 0.6 is 0 Å². The summed E-state index contributed by atoms with van der Waals surface area (Å²) >= 11 is 0. The number of carbonyl (C=O) groups is 1. The topological polar surface area (TPSA) is 51.3 Å². The van der Waals surface area contributed by atoms with Crippen molar-refractivity contribution in [3.05, 3.63) is 83.7 Å². The van der Waals surface area contributed by atoms with Crippen LogP contribution < -0.4 is 5.73 Å². The summed E-state index contributed by atoms with van der Waals surface area (Å²) in [6.07, 6.45) is 2.85. The Hall–Kier alpha value is -3.06. The van der Waals surface area contributed by atoms with Crippen molar-refractivity contribution in [2.45, 2.75) is 45.8 Å². The molecule has 2 aromatic carbocycles. The zero-order valence-electron chi connectivity index (χ0n) is 19.8. The molecule has 0 aliphatic heterocycles. The molecule has 0 saturated carbocycles. The van der Waals surface area contributed by atoms with Gasteiger partial charge < -0.3 is 15.2 Å². The van der Waals surface area contributed by atoms with Gasteiger partial charge in [0, 0.05) is 42.1 Å². The number of halogens is 3. The number of nitrogens with zero attached hydrogens (tertiary/aromatic N) is 2. The summed E-state index contributed by atoms with van der Waals surface area (Å²) in [6, 6.07) is 13.9. The molecule has 7 heteroatoms. The van der Waals surface area contributed by atoms with E-state index >= 15 is 0 Å². The number of hydrogen-bond donors (Lipinski definition) is 1. The normalized spacial score (nSPS) is 13.5. The van der Waals surface area contributed by atoms with Crippen molar-refractivity contribution < 1.29 is 18.0 Å². The predicted octanol–water partition coefficient (Wildman–Crippen LogP) is 5.71. The molecule has 0 aliphatic rings. The maximum atomic E-state index is 14.6. The third-order valence-electron chi connectivity index (χ3n) is 5.89. The minimum absolute atomic E-state index is 0.151. The van der Waals surface area contributed by atoms with Crippen LogP contribution in [0.4, 0.5) is 13.2 Å². The summed E-state index contributed by atoms with van der Waals surface area (Å²) in [5.41, 5.74) is 7.82. The molecule has 182 valence electrons. The molecule has 3 aromatic rings. The first kappa shape index (κ1) is 25.6. The Morgan fingerprint density at radius 2 is 1.79 bits per heavy atom. The lowest BCUT2D eigenvalue weighted by atomic mass is 9.83. The fourth-order valence-electron chi connectivity index (χ4n) is 4.29. The van der Waals surface area contributed by atoms with E-state index in [0.717, 1.165) is 29.8 Å². The van der Waals surface area contributed by atoms with E-state index in [9.17, 15) is 18.0 Å². The zero-order chi connectivity index (χ0) is 24.9. The van der Waals surface area contributed by atoms with E-state index in [4.69, 9.17) is 5.73 Å². The summed E-state index contributed by atoms with van der Waals surface area (Å²) in [5.74, 6) is -1.06. The molecule has 0 bridgehead atoms. The van der Waals surface area contributed by atoms with Crippen LogP contribution in [0.25, 0.3) is 11.1 Å². The Bertz CT molecular complexity index is 1090. The molecule has 3 rings (SSSR count). The quantitative estimate of drug-likeness (QED) is 0.385. The van der Waals surface area contributed by atoms with E-state index in [0.29, 0.717) is 18.5 Å². The maximum Gasteiger partial charge on any atom is 0.210 e. The molecule has 0 saturated heterocycles. The van der Waals surface area contributed by atoms with Gasteiger partial charge in [0.25, 0.3) is 0 Å².